The summed E-state index contributed by atoms with van der Waals surface area (Å²) in [7, 11) is 1.01. The summed E-state index contributed by atoms with van der Waals surface area (Å²) in [5.41, 5.74) is -3.61. The van der Waals surface area contributed by atoms with Crippen LogP contribution in [0.3, 0.4) is 0 Å². The Morgan fingerprint density at radius 3 is 2.12 bits per heavy atom. The van der Waals surface area contributed by atoms with Gasteiger partial charge in [0.05, 0.1) is 24.2 Å². The van der Waals surface area contributed by atoms with E-state index in [0.29, 0.717) is 17.0 Å². The van der Waals surface area contributed by atoms with Gasteiger partial charge in [-0.1, -0.05) is 0 Å². The van der Waals surface area contributed by atoms with E-state index >= 15 is 0 Å². The number of amides is 2. The molecule has 178 valence electrons. The fourth-order valence-corrected chi connectivity index (χ4v) is 2.89. The molecule has 2 heterocycles. The van der Waals surface area contributed by atoms with Gasteiger partial charge in [-0.3, -0.25) is 9.69 Å². The van der Waals surface area contributed by atoms with Crippen LogP contribution in [-0.4, -0.2) is 67.6 Å². The maximum absolute atomic E-state index is 14.3. The third kappa shape index (κ3) is 5.06. The zero-order valence-corrected chi connectivity index (χ0v) is 16.5. The highest BCUT2D eigenvalue weighted by molar-refractivity contribution is 5.91. The van der Waals surface area contributed by atoms with E-state index in [2.05, 4.69) is 10.1 Å². The van der Waals surface area contributed by atoms with Crippen LogP contribution in [-0.2, 0) is 17.1 Å². The Morgan fingerprint density at radius 2 is 1.64 bits per heavy atom. The van der Waals surface area contributed by atoms with Gasteiger partial charge in [0.25, 0.3) is 0 Å². The van der Waals surface area contributed by atoms with Crippen LogP contribution in [0.2, 0.25) is 0 Å². The van der Waals surface area contributed by atoms with Crippen LogP contribution < -0.4 is 0 Å². The lowest BCUT2D eigenvalue weighted by molar-refractivity contribution is -0.156. The number of hydrogen-bond donors (Lipinski definition) is 1. The number of likely N-dealkylation sites (N-methyl/N-ethyl adjacent to an activating group) is 1. The molecule has 15 heteroatoms. The Hall–Kier alpha value is -3.65. The van der Waals surface area contributed by atoms with Gasteiger partial charge in [-0.15, -0.1) is 5.10 Å². The van der Waals surface area contributed by atoms with E-state index in [1.807, 2.05) is 0 Å². The Kier molecular flexibility index (Phi) is 5.85. The maximum atomic E-state index is 14.3. The quantitative estimate of drug-likeness (QED) is 0.410. The lowest BCUT2D eigenvalue weighted by Crippen LogP contribution is -2.68. The SMILES string of the molecule is CN(C(=O)O)C1(F)CN(C(=O)C=Cn2cnc(-c3cc(C(F)(F)F)cc(C(F)(F)F)c3)n2)C1. The predicted octanol–water partition coefficient (Wildman–Crippen LogP) is 3.57. The van der Waals surface area contributed by atoms with Gasteiger partial charge in [-0.2, -0.15) is 26.3 Å². The molecular formula is C18H14F7N5O3. The Morgan fingerprint density at radius 1 is 1.09 bits per heavy atom. The minimum Gasteiger partial charge on any atom is -0.465 e. The lowest BCUT2D eigenvalue weighted by Gasteiger charge is -2.47. The van der Waals surface area contributed by atoms with Crippen molar-refractivity contribution in [3.63, 3.8) is 0 Å². The van der Waals surface area contributed by atoms with Crippen LogP contribution >= 0.6 is 0 Å². The van der Waals surface area contributed by atoms with Crippen molar-refractivity contribution in [1.29, 1.82) is 0 Å². The first kappa shape index (κ1) is 24.0. The van der Waals surface area contributed by atoms with Crippen LogP contribution in [0.25, 0.3) is 17.6 Å². The summed E-state index contributed by atoms with van der Waals surface area (Å²) < 4.78 is 93.2. The Balaban J connectivity index is 1.76. The third-order valence-corrected chi connectivity index (χ3v) is 4.79. The number of carbonyl (C=O) groups is 2. The summed E-state index contributed by atoms with van der Waals surface area (Å²) in [4.78, 5) is 28.0. The minimum atomic E-state index is -5.04. The molecule has 1 saturated heterocycles. The van der Waals surface area contributed by atoms with E-state index in [1.54, 1.807) is 0 Å². The molecule has 1 aliphatic heterocycles. The van der Waals surface area contributed by atoms with Crippen molar-refractivity contribution in [3.05, 3.63) is 41.7 Å². The second-order valence-corrected chi connectivity index (χ2v) is 7.11. The second kappa shape index (κ2) is 8.04. The van der Waals surface area contributed by atoms with Gasteiger partial charge in [0.2, 0.25) is 11.7 Å². The third-order valence-electron chi connectivity index (χ3n) is 4.79. The number of halogens is 7. The number of carbonyl (C=O) groups excluding carboxylic acids is 1. The first-order chi connectivity index (χ1) is 15.1. The summed E-state index contributed by atoms with van der Waals surface area (Å²) in [6, 6.07) is 0.895. The highest BCUT2D eigenvalue weighted by Crippen LogP contribution is 2.38. The predicted molar refractivity (Wildman–Crippen MR) is 97.0 cm³/mol. The lowest BCUT2D eigenvalue weighted by atomic mass is 10.0. The largest absolute Gasteiger partial charge is 0.465 e. The monoisotopic (exact) mass is 481 g/mol. The molecule has 0 saturated carbocycles. The molecule has 3 rings (SSSR count). The van der Waals surface area contributed by atoms with Crippen LogP contribution in [0.5, 0.6) is 0 Å². The molecule has 1 N–H and O–H groups in total. The molecule has 2 aromatic rings. The molecule has 0 radical (unpaired) electrons. The molecule has 0 atom stereocenters. The van der Waals surface area contributed by atoms with Crippen molar-refractivity contribution in [3.8, 4) is 11.4 Å². The van der Waals surface area contributed by atoms with E-state index in [-0.39, 0.29) is 6.07 Å². The zero-order chi connectivity index (χ0) is 24.8. The van der Waals surface area contributed by atoms with Crippen LogP contribution in [0.1, 0.15) is 11.1 Å². The van der Waals surface area contributed by atoms with Gasteiger partial charge in [0, 0.05) is 24.9 Å². The summed E-state index contributed by atoms with van der Waals surface area (Å²) in [5, 5.41) is 12.5. The van der Waals surface area contributed by atoms with E-state index in [0.717, 1.165) is 35.2 Å². The number of rotatable bonds is 4. The average Bonchev–Trinajstić information content (AvgIpc) is 3.16. The van der Waals surface area contributed by atoms with Crippen molar-refractivity contribution >= 4 is 18.2 Å². The molecule has 2 amide bonds. The summed E-state index contributed by atoms with van der Waals surface area (Å²) in [5.74, 6) is -3.42. The molecule has 1 aliphatic rings. The molecule has 0 bridgehead atoms. The average molecular weight is 481 g/mol. The molecule has 1 aromatic heterocycles. The van der Waals surface area contributed by atoms with Crippen molar-refractivity contribution < 1.29 is 45.4 Å². The number of hydrogen-bond acceptors (Lipinski definition) is 4. The summed E-state index contributed by atoms with van der Waals surface area (Å²) in [6.07, 6.45) is -8.73. The molecule has 0 unspecified atom stereocenters. The van der Waals surface area contributed by atoms with Gasteiger partial charge in [-0.05, 0) is 18.2 Å². The van der Waals surface area contributed by atoms with E-state index in [4.69, 9.17) is 5.11 Å². The summed E-state index contributed by atoms with van der Waals surface area (Å²) in [6.45, 7) is -1.04. The highest BCUT2D eigenvalue weighted by Gasteiger charge is 2.50. The summed E-state index contributed by atoms with van der Waals surface area (Å²) >= 11 is 0. The number of nitrogens with zero attached hydrogens (tertiary/aromatic N) is 5. The fraction of sp³-hybridized carbons (Fsp3) is 0.333. The van der Waals surface area contributed by atoms with Crippen molar-refractivity contribution in [2.45, 2.75) is 18.1 Å². The van der Waals surface area contributed by atoms with Gasteiger partial charge < -0.3 is 10.0 Å². The molecule has 33 heavy (non-hydrogen) atoms. The normalized spacial score (nSPS) is 16.1. The van der Waals surface area contributed by atoms with Crippen LogP contribution in [0, 0.1) is 0 Å². The van der Waals surface area contributed by atoms with Crippen molar-refractivity contribution in [2.24, 2.45) is 0 Å². The topological polar surface area (TPSA) is 91.6 Å². The highest BCUT2D eigenvalue weighted by atomic mass is 19.4. The van der Waals surface area contributed by atoms with E-state index in [1.165, 1.54) is 0 Å². The first-order valence-electron chi connectivity index (χ1n) is 8.94. The maximum Gasteiger partial charge on any atom is 0.416 e. The number of likely N-dealkylation sites (tertiary alicyclic amines) is 1. The van der Waals surface area contributed by atoms with E-state index in [9.17, 15) is 40.3 Å². The molecule has 1 fully saturated rings. The first-order valence-corrected chi connectivity index (χ1v) is 8.94. The van der Waals surface area contributed by atoms with Crippen LogP contribution in [0.4, 0.5) is 35.5 Å². The molecular weight excluding hydrogens is 467 g/mol. The van der Waals surface area contributed by atoms with Crippen molar-refractivity contribution in [2.75, 3.05) is 20.1 Å². The standard InChI is InChI=1S/C18H14F7N5O3/c1-28(15(32)33)16(19)7-29(8-16)13(31)2-3-30-9-26-14(27-30)10-4-11(17(20,21)22)6-12(5-10)18(23,24)25/h2-6,9H,7-8H2,1H3,(H,32,33). The van der Waals surface area contributed by atoms with Gasteiger partial charge in [-0.25, -0.2) is 18.9 Å². The van der Waals surface area contributed by atoms with Crippen LogP contribution in [0.15, 0.2) is 30.6 Å². The van der Waals surface area contributed by atoms with E-state index < -0.39 is 65.7 Å². The molecule has 8 nitrogen and oxygen atoms in total. The fourth-order valence-electron chi connectivity index (χ4n) is 2.89. The molecule has 0 aliphatic carbocycles. The molecule has 1 aromatic carbocycles. The van der Waals surface area contributed by atoms with Gasteiger partial charge >= 0.3 is 18.4 Å². The Labute approximate surface area is 180 Å². The Bertz CT molecular complexity index is 1070. The smallest absolute Gasteiger partial charge is 0.416 e. The zero-order valence-electron chi connectivity index (χ0n) is 16.5. The van der Waals surface area contributed by atoms with Gasteiger partial charge in [0.1, 0.15) is 6.33 Å². The number of benzene rings is 1. The second-order valence-electron chi connectivity index (χ2n) is 7.11. The number of alkyl halides is 7. The number of aromatic nitrogens is 3. The molecule has 0 spiro atoms. The van der Waals surface area contributed by atoms with Crippen molar-refractivity contribution in [1.82, 2.24) is 24.6 Å². The minimum absolute atomic E-state index is 0.0289. The number of carboxylic acid groups (broad SMARTS) is 1. The van der Waals surface area contributed by atoms with Gasteiger partial charge in [0.15, 0.2) is 5.82 Å².